The highest BCUT2D eigenvalue weighted by Gasteiger charge is 1.99. The number of methoxy groups -OCH3 is 1. The van der Waals surface area contributed by atoms with Gasteiger partial charge in [-0.25, -0.2) is 4.79 Å². The fourth-order valence-corrected chi connectivity index (χ4v) is 1.58. The molecule has 0 spiro atoms. The van der Waals surface area contributed by atoms with Crippen molar-refractivity contribution in [2.24, 2.45) is 0 Å². The van der Waals surface area contributed by atoms with E-state index in [1.165, 1.54) is 6.07 Å². The quantitative estimate of drug-likeness (QED) is 0.816. The Hall–Kier alpha value is -2.30. The summed E-state index contributed by atoms with van der Waals surface area (Å²) < 4.78 is 5.04. The van der Waals surface area contributed by atoms with Crippen molar-refractivity contribution in [3.8, 4) is 5.75 Å². The van der Waals surface area contributed by atoms with Gasteiger partial charge in [0.25, 0.3) is 5.56 Å². The first-order chi connectivity index (χ1) is 8.17. The first kappa shape index (κ1) is 11.2. The van der Waals surface area contributed by atoms with E-state index in [4.69, 9.17) is 4.74 Å². The van der Waals surface area contributed by atoms with Crippen LogP contribution in [0.5, 0.6) is 5.75 Å². The van der Waals surface area contributed by atoms with Gasteiger partial charge in [0, 0.05) is 18.2 Å². The molecular formula is C12H12N2O3. The Morgan fingerprint density at radius 2 is 1.82 bits per heavy atom. The second-order valence-corrected chi connectivity index (χ2v) is 3.64. The summed E-state index contributed by atoms with van der Waals surface area (Å²) >= 11 is 0. The molecule has 0 atom stereocenters. The molecule has 17 heavy (non-hydrogen) atoms. The van der Waals surface area contributed by atoms with E-state index in [1.54, 1.807) is 7.11 Å². The molecule has 2 aromatic rings. The summed E-state index contributed by atoms with van der Waals surface area (Å²) in [4.78, 5) is 26.9. The van der Waals surface area contributed by atoms with Crippen molar-refractivity contribution >= 4 is 0 Å². The van der Waals surface area contributed by atoms with E-state index in [1.807, 2.05) is 24.3 Å². The fraction of sp³-hybridized carbons (Fsp3) is 0.167. The van der Waals surface area contributed by atoms with Crippen molar-refractivity contribution in [3.05, 3.63) is 62.4 Å². The third kappa shape index (κ3) is 2.84. The van der Waals surface area contributed by atoms with E-state index < -0.39 is 11.2 Å². The third-order valence-corrected chi connectivity index (χ3v) is 2.37. The van der Waals surface area contributed by atoms with Gasteiger partial charge in [-0.3, -0.25) is 9.78 Å². The van der Waals surface area contributed by atoms with Crippen LogP contribution in [0.2, 0.25) is 0 Å². The molecule has 1 aromatic carbocycles. The standard InChI is InChI=1S/C12H12N2O3/c1-17-10-4-2-8(3-5-10)6-9-7-11(15)14-12(16)13-9/h2-5,7H,6H2,1H3,(H2,13,14,15,16). The number of hydrogen-bond acceptors (Lipinski definition) is 3. The lowest BCUT2D eigenvalue weighted by molar-refractivity contribution is 0.414. The molecule has 0 aliphatic heterocycles. The van der Waals surface area contributed by atoms with Crippen LogP contribution >= 0.6 is 0 Å². The summed E-state index contributed by atoms with van der Waals surface area (Å²) in [6.07, 6.45) is 0.503. The predicted octanol–water partition coefficient (Wildman–Crippen LogP) is 0.663. The second-order valence-electron chi connectivity index (χ2n) is 3.64. The molecule has 0 aliphatic rings. The fourth-order valence-electron chi connectivity index (χ4n) is 1.58. The van der Waals surface area contributed by atoms with E-state index in [-0.39, 0.29) is 0 Å². The maximum Gasteiger partial charge on any atom is 0.325 e. The van der Waals surface area contributed by atoms with Crippen LogP contribution in [0.1, 0.15) is 11.3 Å². The Kier molecular flexibility index (Phi) is 3.09. The maximum atomic E-state index is 11.1. The van der Waals surface area contributed by atoms with Crippen LogP contribution in [-0.2, 0) is 6.42 Å². The molecule has 0 bridgehead atoms. The van der Waals surface area contributed by atoms with E-state index in [0.29, 0.717) is 12.1 Å². The first-order valence-corrected chi connectivity index (χ1v) is 5.13. The largest absolute Gasteiger partial charge is 0.497 e. The second kappa shape index (κ2) is 4.69. The van der Waals surface area contributed by atoms with Crippen molar-refractivity contribution in [2.75, 3.05) is 7.11 Å². The molecule has 0 saturated carbocycles. The van der Waals surface area contributed by atoms with E-state index >= 15 is 0 Å². The minimum Gasteiger partial charge on any atom is -0.497 e. The number of ether oxygens (including phenoxy) is 1. The van der Waals surface area contributed by atoms with Gasteiger partial charge in [0.1, 0.15) is 5.75 Å². The van der Waals surface area contributed by atoms with E-state index in [0.717, 1.165) is 11.3 Å². The van der Waals surface area contributed by atoms with Crippen LogP contribution in [-0.4, -0.2) is 17.1 Å². The number of aromatic nitrogens is 2. The third-order valence-electron chi connectivity index (χ3n) is 2.37. The molecule has 2 rings (SSSR count). The minimum absolute atomic E-state index is 0.391. The molecule has 0 saturated heterocycles. The van der Waals surface area contributed by atoms with Crippen molar-refractivity contribution in [3.63, 3.8) is 0 Å². The molecule has 1 aromatic heterocycles. The van der Waals surface area contributed by atoms with Crippen LogP contribution in [0.3, 0.4) is 0 Å². The van der Waals surface area contributed by atoms with Gasteiger partial charge in [0.2, 0.25) is 0 Å². The smallest absolute Gasteiger partial charge is 0.325 e. The van der Waals surface area contributed by atoms with Gasteiger partial charge in [0.05, 0.1) is 7.11 Å². The van der Waals surface area contributed by atoms with Crippen LogP contribution in [0.25, 0.3) is 0 Å². The normalized spacial score (nSPS) is 10.2. The molecule has 5 heteroatoms. The van der Waals surface area contributed by atoms with Gasteiger partial charge >= 0.3 is 5.69 Å². The summed E-state index contributed by atoms with van der Waals surface area (Å²) in [6, 6.07) is 8.82. The first-order valence-electron chi connectivity index (χ1n) is 5.13. The Labute approximate surface area is 97.1 Å². The van der Waals surface area contributed by atoms with Crippen molar-refractivity contribution in [1.82, 2.24) is 9.97 Å². The highest BCUT2D eigenvalue weighted by Crippen LogP contribution is 2.12. The molecule has 1 heterocycles. The maximum absolute atomic E-state index is 11.1. The molecule has 0 amide bonds. The van der Waals surface area contributed by atoms with Crippen molar-refractivity contribution in [2.45, 2.75) is 6.42 Å². The molecule has 0 aliphatic carbocycles. The molecule has 2 N–H and O–H groups in total. The van der Waals surface area contributed by atoms with Gasteiger partial charge in [-0.05, 0) is 17.7 Å². The van der Waals surface area contributed by atoms with Crippen molar-refractivity contribution in [1.29, 1.82) is 0 Å². The van der Waals surface area contributed by atoms with Gasteiger partial charge < -0.3 is 9.72 Å². The Morgan fingerprint density at radius 3 is 2.41 bits per heavy atom. The monoisotopic (exact) mass is 232 g/mol. The molecule has 0 radical (unpaired) electrons. The Morgan fingerprint density at radius 1 is 1.12 bits per heavy atom. The highest BCUT2D eigenvalue weighted by atomic mass is 16.5. The zero-order chi connectivity index (χ0) is 12.3. The molecule has 5 nitrogen and oxygen atoms in total. The SMILES string of the molecule is COc1ccc(Cc2cc(=O)[nH]c(=O)[nH]2)cc1. The predicted molar refractivity (Wildman–Crippen MR) is 63.5 cm³/mol. The molecule has 0 fully saturated rings. The van der Waals surface area contributed by atoms with Gasteiger partial charge in [0.15, 0.2) is 0 Å². The van der Waals surface area contributed by atoms with Crippen molar-refractivity contribution < 1.29 is 4.74 Å². The number of rotatable bonds is 3. The lowest BCUT2D eigenvalue weighted by Crippen LogP contribution is -2.23. The number of aromatic amines is 2. The highest BCUT2D eigenvalue weighted by molar-refractivity contribution is 5.29. The summed E-state index contributed by atoms with van der Waals surface area (Å²) in [5.74, 6) is 0.771. The zero-order valence-corrected chi connectivity index (χ0v) is 9.32. The van der Waals surface area contributed by atoms with Gasteiger partial charge in [-0.1, -0.05) is 12.1 Å². The lowest BCUT2D eigenvalue weighted by Gasteiger charge is -2.03. The molecular weight excluding hydrogens is 220 g/mol. The zero-order valence-electron chi connectivity index (χ0n) is 9.32. The van der Waals surface area contributed by atoms with Crippen LogP contribution in [0, 0.1) is 0 Å². The van der Waals surface area contributed by atoms with Crippen LogP contribution < -0.4 is 16.0 Å². The van der Waals surface area contributed by atoms with E-state index in [2.05, 4.69) is 9.97 Å². The number of hydrogen-bond donors (Lipinski definition) is 2. The Bertz CT molecular complexity index is 582. The summed E-state index contributed by atoms with van der Waals surface area (Å²) in [6.45, 7) is 0. The minimum atomic E-state index is -0.485. The lowest BCUT2D eigenvalue weighted by atomic mass is 10.1. The number of benzene rings is 1. The van der Waals surface area contributed by atoms with Gasteiger partial charge in [-0.15, -0.1) is 0 Å². The van der Waals surface area contributed by atoms with Crippen LogP contribution in [0.4, 0.5) is 0 Å². The molecule has 0 unspecified atom stereocenters. The summed E-state index contributed by atoms with van der Waals surface area (Å²) in [5, 5.41) is 0. The Balaban J connectivity index is 2.25. The summed E-state index contributed by atoms with van der Waals surface area (Å²) in [7, 11) is 1.60. The number of H-pyrrole nitrogens is 2. The van der Waals surface area contributed by atoms with Crippen LogP contribution in [0.15, 0.2) is 39.9 Å². The average molecular weight is 232 g/mol. The summed E-state index contributed by atoms with van der Waals surface area (Å²) in [5.41, 5.74) is 0.703. The average Bonchev–Trinajstić information content (AvgIpc) is 2.28. The molecule has 88 valence electrons. The topological polar surface area (TPSA) is 75.0 Å². The van der Waals surface area contributed by atoms with Gasteiger partial charge in [-0.2, -0.15) is 0 Å². The number of nitrogens with one attached hydrogen (secondary N) is 2. The van der Waals surface area contributed by atoms with E-state index in [9.17, 15) is 9.59 Å².